The van der Waals surface area contributed by atoms with Crippen LogP contribution in [0.2, 0.25) is 0 Å². The molecular formula is C15H24N2O3. The minimum Gasteiger partial charge on any atom is -0.493 e. The molecule has 0 saturated heterocycles. The van der Waals surface area contributed by atoms with Gasteiger partial charge in [-0.3, -0.25) is 4.79 Å². The maximum atomic E-state index is 11.1. The van der Waals surface area contributed by atoms with Crippen LogP contribution in [-0.4, -0.2) is 25.2 Å². The summed E-state index contributed by atoms with van der Waals surface area (Å²) in [5.41, 5.74) is 11.2. The molecule has 0 spiro atoms. The van der Waals surface area contributed by atoms with Crippen molar-refractivity contribution in [1.29, 1.82) is 0 Å². The van der Waals surface area contributed by atoms with Crippen LogP contribution in [0, 0.1) is 0 Å². The Balaban J connectivity index is 2.52. The number of carbonyl (C=O) groups excluding carboxylic acids is 1. The fourth-order valence-corrected chi connectivity index (χ4v) is 1.80. The van der Waals surface area contributed by atoms with Crippen LogP contribution in [0.25, 0.3) is 0 Å². The van der Waals surface area contributed by atoms with Gasteiger partial charge in [0.25, 0.3) is 0 Å². The van der Waals surface area contributed by atoms with Gasteiger partial charge in [-0.15, -0.1) is 0 Å². The first-order valence-corrected chi connectivity index (χ1v) is 6.79. The molecule has 0 bridgehead atoms. The Labute approximate surface area is 120 Å². The zero-order valence-corrected chi connectivity index (χ0v) is 12.4. The van der Waals surface area contributed by atoms with Crippen LogP contribution >= 0.6 is 0 Å². The first kappa shape index (κ1) is 16.3. The van der Waals surface area contributed by atoms with Crippen LogP contribution in [0.3, 0.4) is 0 Å². The summed E-state index contributed by atoms with van der Waals surface area (Å²) in [6.07, 6.45) is 2.08. The van der Waals surface area contributed by atoms with Crippen LogP contribution in [0.15, 0.2) is 18.2 Å². The average Bonchev–Trinajstić information content (AvgIpc) is 2.43. The molecular weight excluding hydrogens is 256 g/mol. The normalized spacial score (nSPS) is 13.6. The number of aryl methyl sites for hydroxylation is 1. The lowest BCUT2D eigenvalue weighted by Gasteiger charge is -2.20. The van der Waals surface area contributed by atoms with E-state index in [9.17, 15) is 4.79 Å². The summed E-state index contributed by atoms with van der Waals surface area (Å²) in [4.78, 5) is 11.1. The molecule has 0 fully saturated rings. The average molecular weight is 280 g/mol. The molecule has 5 nitrogen and oxygen atoms in total. The van der Waals surface area contributed by atoms with Crippen LogP contribution in [0.5, 0.6) is 11.5 Å². The first-order chi connectivity index (χ1) is 9.40. The first-order valence-electron chi connectivity index (χ1n) is 6.79. The number of nitrogens with two attached hydrogens (primary N) is 2. The molecule has 1 atom stereocenters. The van der Waals surface area contributed by atoms with Crippen molar-refractivity contribution in [3.63, 3.8) is 0 Å². The van der Waals surface area contributed by atoms with Crippen molar-refractivity contribution in [2.45, 2.75) is 38.6 Å². The second-order valence-electron chi connectivity index (χ2n) is 5.07. The molecule has 0 aromatic heterocycles. The smallest absolute Gasteiger partial charge is 0.237 e. The van der Waals surface area contributed by atoms with Gasteiger partial charge in [0.15, 0.2) is 11.5 Å². The Morgan fingerprint density at radius 1 is 1.35 bits per heavy atom. The van der Waals surface area contributed by atoms with E-state index in [1.54, 1.807) is 14.0 Å². The van der Waals surface area contributed by atoms with Gasteiger partial charge in [0.1, 0.15) is 0 Å². The van der Waals surface area contributed by atoms with E-state index in [4.69, 9.17) is 20.9 Å². The maximum Gasteiger partial charge on any atom is 0.237 e. The van der Waals surface area contributed by atoms with Gasteiger partial charge < -0.3 is 20.9 Å². The summed E-state index contributed by atoms with van der Waals surface area (Å²) in [6.45, 7) is 4.18. The second kappa shape index (κ2) is 7.14. The molecule has 0 radical (unpaired) electrons. The molecule has 20 heavy (non-hydrogen) atoms. The molecule has 1 aromatic carbocycles. The Morgan fingerprint density at radius 2 is 2.05 bits per heavy atom. The molecule has 0 heterocycles. The van der Waals surface area contributed by atoms with Crippen molar-refractivity contribution in [3.05, 3.63) is 23.8 Å². The lowest BCUT2D eigenvalue weighted by molar-refractivity contribution is -0.122. The maximum absolute atomic E-state index is 11.1. The minimum absolute atomic E-state index is 0.460. The van der Waals surface area contributed by atoms with E-state index in [1.807, 2.05) is 18.2 Å². The molecule has 4 N–H and O–H groups in total. The number of hydrogen-bond donors (Lipinski definition) is 2. The fourth-order valence-electron chi connectivity index (χ4n) is 1.80. The van der Waals surface area contributed by atoms with E-state index in [2.05, 4.69) is 6.92 Å². The number of amides is 1. The van der Waals surface area contributed by atoms with Gasteiger partial charge >= 0.3 is 0 Å². The van der Waals surface area contributed by atoms with Gasteiger partial charge in [0.2, 0.25) is 5.91 Å². The topological polar surface area (TPSA) is 87.6 Å². The Kier molecular flexibility index (Phi) is 5.82. The molecule has 5 heteroatoms. The van der Waals surface area contributed by atoms with Gasteiger partial charge in [-0.25, -0.2) is 0 Å². The number of ether oxygens (including phenoxy) is 2. The van der Waals surface area contributed by atoms with Crippen molar-refractivity contribution in [2.75, 3.05) is 13.7 Å². The van der Waals surface area contributed by atoms with Crippen molar-refractivity contribution in [1.82, 2.24) is 0 Å². The van der Waals surface area contributed by atoms with Gasteiger partial charge in [0.05, 0.1) is 19.3 Å². The summed E-state index contributed by atoms with van der Waals surface area (Å²) >= 11 is 0. The Hall–Kier alpha value is -1.75. The third-order valence-corrected chi connectivity index (χ3v) is 3.30. The quantitative estimate of drug-likeness (QED) is 0.708. The summed E-state index contributed by atoms with van der Waals surface area (Å²) < 4.78 is 11.0. The highest BCUT2D eigenvalue weighted by Gasteiger charge is 2.24. The van der Waals surface area contributed by atoms with Crippen LogP contribution in [-0.2, 0) is 11.2 Å². The largest absolute Gasteiger partial charge is 0.493 e. The number of carbonyl (C=O) groups is 1. The summed E-state index contributed by atoms with van der Waals surface area (Å²) in [7, 11) is 1.62. The number of rotatable bonds is 8. The van der Waals surface area contributed by atoms with Crippen molar-refractivity contribution < 1.29 is 14.3 Å². The molecule has 1 unspecified atom stereocenters. The molecule has 0 aliphatic rings. The van der Waals surface area contributed by atoms with E-state index in [0.29, 0.717) is 25.2 Å². The molecule has 1 aromatic rings. The van der Waals surface area contributed by atoms with Gasteiger partial charge in [0, 0.05) is 0 Å². The predicted octanol–water partition coefficient (Wildman–Crippen LogP) is 1.62. The Bertz CT molecular complexity index is 458. The highest BCUT2D eigenvalue weighted by Crippen LogP contribution is 2.28. The van der Waals surface area contributed by atoms with Gasteiger partial charge in [-0.05, 0) is 43.9 Å². The van der Waals surface area contributed by atoms with Crippen LogP contribution < -0.4 is 20.9 Å². The number of hydrogen-bond acceptors (Lipinski definition) is 4. The molecule has 1 rings (SSSR count). The standard InChI is InChI=1S/C15H24N2O3/c1-4-11-6-7-12(13(10-11)19-3)20-9-5-8-15(2,17)14(16)18/h6-7,10H,4-5,8-9,17H2,1-3H3,(H2,16,18). The van der Waals surface area contributed by atoms with Crippen LogP contribution in [0.1, 0.15) is 32.3 Å². The van der Waals surface area contributed by atoms with Crippen molar-refractivity contribution >= 4 is 5.91 Å². The summed E-state index contributed by atoms with van der Waals surface area (Å²) in [5, 5.41) is 0. The highest BCUT2D eigenvalue weighted by atomic mass is 16.5. The number of benzene rings is 1. The predicted molar refractivity (Wildman–Crippen MR) is 78.9 cm³/mol. The Morgan fingerprint density at radius 3 is 2.60 bits per heavy atom. The molecule has 1 amide bonds. The van der Waals surface area contributed by atoms with E-state index >= 15 is 0 Å². The zero-order chi connectivity index (χ0) is 15.2. The molecule has 112 valence electrons. The summed E-state index contributed by atoms with van der Waals surface area (Å²) in [6, 6.07) is 5.87. The number of methoxy groups -OCH3 is 1. The SMILES string of the molecule is CCc1ccc(OCCCC(C)(N)C(N)=O)c(OC)c1. The number of primary amides is 1. The van der Waals surface area contributed by atoms with Gasteiger partial charge in [-0.1, -0.05) is 13.0 Å². The van der Waals surface area contributed by atoms with Crippen molar-refractivity contribution in [2.24, 2.45) is 11.5 Å². The van der Waals surface area contributed by atoms with E-state index < -0.39 is 11.4 Å². The van der Waals surface area contributed by atoms with E-state index in [1.165, 1.54) is 5.56 Å². The van der Waals surface area contributed by atoms with Crippen LogP contribution in [0.4, 0.5) is 0 Å². The summed E-state index contributed by atoms with van der Waals surface area (Å²) in [5.74, 6) is 0.916. The van der Waals surface area contributed by atoms with Gasteiger partial charge in [-0.2, -0.15) is 0 Å². The molecule has 0 saturated carbocycles. The minimum atomic E-state index is -0.987. The second-order valence-corrected chi connectivity index (χ2v) is 5.07. The third-order valence-electron chi connectivity index (χ3n) is 3.30. The zero-order valence-electron chi connectivity index (χ0n) is 12.4. The van der Waals surface area contributed by atoms with Crippen molar-refractivity contribution in [3.8, 4) is 11.5 Å². The van der Waals surface area contributed by atoms with E-state index in [0.717, 1.165) is 12.2 Å². The lowest BCUT2D eigenvalue weighted by Crippen LogP contribution is -2.49. The highest BCUT2D eigenvalue weighted by molar-refractivity contribution is 5.83. The molecule has 0 aliphatic heterocycles. The fraction of sp³-hybridized carbons (Fsp3) is 0.533. The monoisotopic (exact) mass is 280 g/mol. The molecule has 0 aliphatic carbocycles. The lowest BCUT2D eigenvalue weighted by atomic mass is 9.97. The third kappa shape index (κ3) is 4.42. The van der Waals surface area contributed by atoms with E-state index in [-0.39, 0.29) is 0 Å².